The molecule has 3 rings (SSSR count). The third-order valence-corrected chi connectivity index (χ3v) is 6.29. The summed E-state index contributed by atoms with van der Waals surface area (Å²) in [6.45, 7) is 9.10. The zero-order chi connectivity index (χ0) is 19.1. The highest BCUT2D eigenvalue weighted by molar-refractivity contribution is 7.07. The monoisotopic (exact) mass is 387 g/mol. The molecule has 1 saturated heterocycles. The lowest BCUT2D eigenvalue weighted by molar-refractivity contribution is 0.154. The van der Waals surface area contributed by atoms with Gasteiger partial charge in [0.25, 0.3) is 0 Å². The summed E-state index contributed by atoms with van der Waals surface area (Å²) >= 11 is 1.78. The Kier molecular flexibility index (Phi) is 7.56. The minimum absolute atomic E-state index is 0.573. The number of hydrogen-bond acceptors (Lipinski definition) is 5. The van der Waals surface area contributed by atoms with E-state index >= 15 is 0 Å². The number of nitrogens with two attached hydrogens (primary N) is 1. The Labute approximate surface area is 167 Å². The van der Waals surface area contributed by atoms with Crippen LogP contribution in [0, 0.1) is 0 Å². The molecule has 27 heavy (non-hydrogen) atoms. The number of piperidine rings is 1. The van der Waals surface area contributed by atoms with E-state index in [1.807, 2.05) is 6.92 Å². The lowest BCUT2D eigenvalue weighted by Gasteiger charge is -2.41. The fourth-order valence-corrected chi connectivity index (χ4v) is 4.63. The molecule has 5 heteroatoms. The van der Waals surface area contributed by atoms with Crippen LogP contribution in [0.2, 0.25) is 0 Å². The van der Waals surface area contributed by atoms with Crippen LogP contribution < -0.4 is 15.4 Å². The topological polar surface area (TPSA) is 41.7 Å². The summed E-state index contributed by atoms with van der Waals surface area (Å²) in [6.07, 6.45) is 3.49. The largest absolute Gasteiger partial charge is 0.494 e. The zero-order valence-corrected chi connectivity index (χ0v) is 17.5. The van der Waals surface area contributed by atoms with Gasteiger partial charge in [-0.1, -0.05) is 0 Å². The summed E-state index contributed by atoms with van der Waals surface area (Å²) in [4.78, 5) is 5.19. The van der Waals surface area contributed by atoms with Gasteiger partial charge >= 0.3 is 0 Å². The Balaban J connectivity index is 1.71. The molecule has 1 aromatic heterocycles. The molecular formula is C22H33N3OS. The van der Waals surface area contributed by atoms with Gasteiger partial charge in [0.1, 0.15) is 5.75 Å². The number of rotatable bonds is 9. The fraction of sp³-hybridized carbons (Fsp3) is 0.545. The molecule has 148 valence electrons. The van der Waals surface area contributed by atoms with E-state index in [9.17, 15) is 0 Å². The summed E-state index contributed by atoms with van der Waals surface area (Å²) in [7, 11) is 0. The van der Waals surface area contributed by atoms with Gasteiger partial charge in [-0.05, 0) is 86.3 Å². The van der Waals surface area contributed by atoms with Crippen LogP contribution >= 0.6 is 11.3 Å². The quantitative estimate of drug-likeness (QED) is 0.694. The van der Waals surface area contributed by atoms with Crippen molar-refractivity contribution in [1.82, 2.24) is 4.90 Å². The normalized spacial score (nSPS) is 17.0. The van der Waals surface area contributed by atoms with E-state index in [1.54, 1.807) is 11.3 Å². The molecule has 1 aliphatic rings. The van der Waals surface area contributed by atoms with Crippen LogP contribution in [-0.2, 0) is 6.54 Å². The van der Waals surface area contributed by atoms with E-state index in [4.69, 9.17) is 10.5 Å². The predicted octanol–water partition coefficient (Wildman–Crippen LogP) is 4.36. The number of thiophene rings is 1. The van der Waals surface area contributed by atoms with Gasteiger partial charge in [-0.2, -0.15) is 11.3 Å². The molecule has 2 N–H and O–H groups in total. The van der Waals surface area contributed by atoms with Crippen molar-refractivity contribution in [2.45, 2.75) is 51.7 Å². The second kappa shape index (κ2) is 10.1. The molecule has 0 radical (unpaired) electrons. The summed E-state index contributed by atoms with van der Waals surface area (Å²) in [6, 6.07) is 12.0. The summed E-state index contributed by atoms with van der Waals surface area (Å²) in [5.74, 6) is 0.946. The lowest BCUT2D eigenvalue weighted by atomic mass is 9.99. The third kappa shape index (κ3) is 5.47. The SMILES string of the molecule is CCOc1ccc(N(Cc2ccsc2)C2CCN([C@H](C)CCN)CC2)cc1. The molecule has 1 atom stereocenters. The number of benzene rings is 1. The molecule has 0 bridgehead atoms. The van der Waals surface area contributed by atoms with Crippen molar-refractivity contribution in [3.05, 3.63) is 46.7 Å². The van der Waals surface area contributed by atoms with Crippen LogP contribution in [0.5, 0.6) is 5.75 Å². The van der Waals surface area contributed by atoms with Crippen molar-refractivity contribution in [2.24, 2.45) is 5.73 Å². The van der Waals surface area contributed by atoms with Gasteiger partial charge in [0.2, 0.25) is 0 Å². The van der Waals surface area contributed by atoms with Gasteiger partial charge < -0.3 is 20.3 Å². The molecule has 0 spiro atoms. The van der Waals surface area contributed by atoms with Crippen molar-refractivity contribution in [3.63, 3.8) is 0 Å². The average Bonchev–Trinajstić information content (AvgIpc) is 3.21. The van der Waals surface area contributed by atoms with Gasteiger partial charge in [-0.3, -0.25) is 0 Å². The maximum absolute atomic E-state index is 5.75. The van der Waals surface area contributed by atoms with E-state index < -0.39 is 0 Å². The minimum Gasteiger partial charge on any atom is -0.494 e. The Hall–Kier alpha value is -1.56. The zero-order valence-electron chi connectivity index (χ0n) is 16.6. The molecule has 1 aliphatic heterocycles. The number of nitrogens with zero attached hydrogens (tertiary/aromatic N) is 2. The molecule has 2 aromatic rings. The van der Waals surface area contributed by atoms with Crippen LogP contribution in [0.4, 0.5) is 5.69 Å². The van der Waals surface area contributed by atoms with E-state index in [-0.39, 0.29) is 0 Å². The molecule has 4 nitrogen and oxygen atoms in total. The van der Waals surface area contributed by atoms with Crippen molar-refractivity contribution < 1.29 is 4.74 Å². The number of anilines is 1. The second-order valence-corrected chi connectivity index (χ2v) is 8.16. The predicted molar refractivity (Wildman–Crippen MR) is 116 cm³/mol. The van der Waals surface area contributed by atoms with Gasteiger partial charge in [-0.15, -0.1) is 0 Å². The highest BCUT2D eigenvalue weighted by Gasteiger charge is 2.27. The van der Waals surface area contributed by atoms with Crippen molar-refractivity contribution >= 4 is 17.0 Å². The van der Waals surface area contributed by atoms with Crippen molar-refractivity contribution in [1.29, 1.82) is 0 Å². The van der Waals surface area contributed by atoms with Crippen LogP contribution in [0.25, 0.3) is 0 Å². The standard InChI is InChI=1S/C22H33N3OS/c1-3-26-22-6-4-20(5-7-22)25(16-19-11-15-27-17-19)21-9-13-24(14-10-21)18(2)8-12-23/h4-7,11,15,17-18,21H,3,8-10,12-14,16,23H2,1-2H3/t18-/m1/s1. The van der Waals surface area contributed by atoms with E-state index in [0.29, 0.717) is 18.7 Å². The van der Waals surface area contributed by atoms with Crippen molar-refractivity contribution in [3.8, 4) is 5.75 Å². The Morgan fingerprint density at radius 2 is 1.96 bits per heavy atom. The molecule has 0 amide bonds. The number of likely N-dealkylation sites (tertiary alicyclic amines) is 1. The van der Waals surface area contributed by atoms with Crippen LogP contribution in [0.1, 0.15) is 38.7 Å². The third-order valence-electron chi connectivity index (χ3n) is 5.56. The van der Waals surface area contributed by atoms with E-state index in [1.165, 1.54) is 24.1 Å². The molecule has 1 fully saturated rings. The summed E-state index contributed by atoms with van der Waals surface area (Å²) in [5, 5.41) is 4.43. The van der Waals surface area contributed by atoms with Gasteiger partial charge in [0.15, 0.2) is 0 Å². The Bertz CT molecular complexity index is 651. The van der Waals surface area contributed by atoms with Crippen LogP contribution in [0.15, 0.2) is 41.1 Å². The molecular weight excluding hydrogens is 354 g/mol. The number of hydrogen-bond donors (Lipinski definition) is 1. The van der Waals surface area contributed by atoms with Gasteiger partial charge in [-0.25, -0.2) is 0 Å². The average molecular weight is 388 g/mol. The van der Waals surface area contributed by atoms with Gasteiger partial charge in [0, 0.05) is 37.4 Å². The molecule has 1 aromatic carbocycles. The molecule has 0 saturated carbocycles. The number of ether oxygens (including phenoxy) is 1. The first kappa shape index (κ1) is 20.2. The molecule has 2 heterocycles. The first-order chi connectivity index (χ1) is 13.2. The highest BCUT2D eigenvalue weighted by Crippen LogP contribution is 2.29. The first-order valence-electron chi connectivity index (χ1n) is 10.2. The summed E-state index contributed by atoms with van der Waals surface area (Å²) < 4.78 is 5.62. The Morgan fingerprint density at radius 3 is 2.56 bits per heavy atom. The molecule has 0 aliphatic carbocycles. The second-order valence-electron chi connectivity index (χ2n) is 7.38. The first-order valence-corrected chi connectivity index (χ1v) is 11.1. The van der Waals surface area contributed by atoms with Crippen LogP contribution in [-0.4, -0.2) is 43.2 Å². The van der Waals surface area contributed by atoms with Crippen molar-refractivity contribution in [2.75, 3.05) is 31.1 Å². The van der Waals surface area contributed by atoms with Gasteiger partial charge in [0.05, 0.1) is 6.61 Å². The maximum Gasteiger partial charge on any atom is 0.119 e. The lowest BCUT2D eigenvalue weighted by Crippen LogP contribution is -2.47. The summed E-state index contributed by atoms with van der Waals surface area (Å²) in [5.41, 5.74) is 8.44. The highest BCUT2D eigenvalue weighted by atomic mass is 32.1. The Morgan fingerprint density at radius 1 is 1.22 bits per heavy atom. The maximum atomic E-state index is 5.75. The smallest absolute Gasteiger partial charge is 0.119 e. The van der Waals surface area contributed by atoms with Crippen LogP contribution in [0.3, 0.4) is 0 Å². The van der Waals surface area contributed by atoms with E-state index in [0.717, 1.165) is 38.3 Å². The minimum atomic E-state index is 0.573. The molecule has 0 unspecified atom stereocenters. The fourth-order valence-electron chi connectivity index (χ4n) is 3.97. The van der Waals surface area contributed by atoms with E-state index in [2.05, 4.69) is 57.8 Å².